The highest BCUT2D eigenvalue weighted by Gasteiger charge is 2.25. The zero-order valence-electron chi connectivity index (χ0n) is 16.5. The van der Waals surface area contributed by atoms with Gasteiger partial charge in [-0.25, -0.2) is 9.78 Å². The number of hydrogen-bond acceptors (Lipinski definition) is 8. The Balaban J connectivity index is 1.49. The van der Waals surface area contributed by atoms with Gasteiger partial charge in [-0.1, -0.05) is 30.3 Å². The molecule has 1 aliphatic heterocycles. The van der Waals surface area contributed by atoms with E-state index in [1.807, 2.05) is 6.07 Å². The molecule has 0 atom stereocenters. The molecule has 1 fully saturated rings. The molecule has 0 bridgehead atoms. The highest BCUT2D eigenvalue weighted by molar-refractivity contribution is 7.17. The van der Waals surface area contributed by atoms with Crippen molar-refractivity contribution in [2.75, 3.05) is 50.0 Å². The first-order chi connectivity index (χ1) is 14.2. The molecule has 29 heavy (non-hydrogen) atoms. The van der Waals surface area contributed by atoms with Crippen LogP contribution >= 0.6 is 11.3 Å². The number of ether oxygens (including phenoxy) is 1. The van der Waals surface area contributed by atoms with E-state index in [-0.39, 0.29) is 11.9 Å². The predicted octanol–water partition coefficient (Wildman–Crippen LogP) is 2.81. The lowest BCUT2D eigenvalue weighted by Crippen LogP contribution is -2.47. The third-order valence-corrected chi connectivity index (χ3v) is 6.03. The maximum atomic E-state index is 12.4. The van der Waals surface area contributed by atoms with Crippen LogP contribution in [0.1, 0.15) is 22.8 Å². The fourth-order valence-corrected chi connectivity index (χ4v) is 4.55. The van der Waals surface area contributed by atoms with Gasteiger partial charge in [0.05, 0.1) is 17.6 Å². The minimum atomic E-state index is -0.338. The summed E-state index contributed by atoms with van der Waals surface area (Å²) in [4.78, 5) is 26.6. The van der Waals surface area contributed by atoms with Crippen LogP contribution in [0.3, 0.4) is 0 Å². The number of nitrogens with two attached hydrogens (primary N) is 1. The van der Waals surface area contributed by atoms with Crippen LogP contribution in [-0.4, -0.2) is 60.2 Å². The number of esters is 1. The summed E-state index contributed by atoms with van der Waals surface area (Å²) in [5.41, 5.74) is 7.83. The Bertz CT molecular complexity index is 983. The van der Waals surface area contributed by atoms with E-state index in [2.05, 4.69) is 44.0 Å². The molecule has 0 aliphatic carbocycles. The summed E-state index contributed by atoms with van der Waals surface area (Å²) < 4.78 is 5.21. The topological polar surface area (TPSA) is 84.6 Å². The third kappa shape index (κ3) is 4.33. The normalized spacial score (nSPS) is 15.0. The van der Waals surface area contributed by atoms with Crippen molar-refractivity contribution in [3.8, 4) is 0 Å². The van der Waals surface area contributed by atoms with Crippen molar-refractivity contribution in [3.05, 3.63) is 46.8 Å². The van der Waals surface area contributed by atoms with E-state index in [9.17, 15) is 4.79 Å². The van der Waals surface area contributed by atoms with Crippen LogP contribution < -0.4 is 10.6 Å². The number of fused-ring (bicyclic) bond motifs is 1. The Morgan fingerprint density at radius 3 is 2.66 bits per heavy atom. The third-order valence-electron chi connectivity index (χ3n) is 5.16. The number of carbonyl (C=O) groups is 1. The Morgan fingerprint density at radius 1 is 1.17 bits per heavy atom. The van der Waals surface area contributed by atoms with Gasteiger partial charge < -0.3 is 15.4 Å². The molecule has 0 amide bonds. The Labute approximate surface area is 174 Å². The highest BCUT2D eigenvalue weighted by atomic mass is 32.1. The minimum absolute atomic E-state index is 0.233. The molecule has 0 saturated carbocycles. The molecule has 0 unspecified atom stereocenters. The van der Waals surface area contributed by atoms with Crippen LogP contribution in [0.2, 0.25) is 0 Å². The molecule has 1 aromatic carbocycles. The second kappa shape index (κ2) is 8.75. The number of rotatable bonds is 6. The van der Waals surface area contributed by atoms with Crippen LogP contribution in [0.25, 0.3) is 10.2 Å². The fourth-order valence-electron chi connectivity index (χ4n) is 3.64. The Kier molecular flexibility index (Phi) is 5.92. The molecule has 1 aliphatic rings. The molecule has 3 aromatic rings. The summed E-state index contributed by atoms with van der Waals surface area (Å²) >= 11 is 1.40. The monoisotopic (exact) mass is 411 g/mol. The standard InChI is InChI=1S/C21H25N5O2S/c1-2-28-20(27)16-14-29-19-17(16)18(23-21(22)24-19)26-12-10-25(11-13-26)9-8-15-6-4-3-5-7-15/h3-7,14H,2,8-13H2,1H3,(H2,22,23,24). The minimum Gasteiger partial charge on any atom is -0.462 e. The van der Waals surface area contributed by atoms with Gasteiger partial charge >= 0.3 is 5.97 Å². The average molecular weight is 412 g/mol. The van der Waals surface area contributed by atoms with E-state index in [0.29, 0.717) is 12.2 Å². The summed E-state index contributed by atoms with van der Waals surface area (Å²) in [5.74, 6) is 0.630. The molecular formula is C21H25N5O2S. The van der Waals surface area contributed by atoms with E-state index in [1.54, 1.807) is 12.3 Å². The summed E-state index contributed by atoms with van der Waals surface area (Å²) in [6.07, 6.45) is 1.04. The van der Waals surface area contributed by atoms with Gasteiger partial charge in [0.1, 0.15) is 10.6 Å². The van der Waals surface area contributed by atoms with Gasteiger partial charge in [0, 0.05) is 38.1 Å². The molecule has 8 heteroatoms. The zero-order chi connectivity index (χ0) is 20.2. The number of nitrogens with zero attached hydrogens (tertiary/aromatic N) is 4. The average Bonchev–Trinajstić information content (AvgIpc) is 3.17. The number of piperazine rings is 1. The molecule has 0 spiro atoms. The van der Waals surface area contributed by atoms with E-state index in [0.717, 1.165) is 55.2 Å². The van der Waals surface area contributed by atoms with Crippen LogP contribution in [0.4, 0.5) is 11.8 Å². The van der Waals surface area contributed by atoms with Crippen molar-refractivity contribution < 1.29 is 9.53 Å². The van der Waals surface area contributed by atoms with Crippen molar-refractivity contribution in [1.82, 2.24) is 14.9 Å². The van der Waals surface area contributed by atoms with E-state index < -0.39 is 0 Å². The van der Waals surface area contributed by atoms with Crippen molar-refractivity contribution in [1.29, 1.82) is 0 Å². The van der Waals surface area contributed by atoms with Crippen molar-refractivity contribution in [2.24, 2.45) is 0 Å². The number of thiophene rings is 1. The maximum absolute atomic E-state index is 12.4. The first kappa shape index (κ1) is 19.6. The first-order valence-electron chi connectivity index (χ1n) is 9.88. The quantitative estimate of drug-likeness (QED) is 0.624. The summed E-state index contributed by atoms with van der Waals surface area (Å²) in [5, 5.41) is 2.54. The second-order valence-electron chi connectivity index (χ2n) is 7.02. The second-order valence-corrected chi connectivity index (χ2v) is 7.88. The maximum Gasteiger partial charge on any atom is 0.339 e. The lowest BCUT2D eigenvalue weighted by molar-refractivity contribution is 0.0529. The van der Waals surface area contributed by atoms with Crippen molar-refractivity contribution >= 4 is 39.3 Å². The number of anilines is 2. The van der Waals surface area contributed by atoms with Gasteiger partial charge in [-0.2, -0.15) is 4.98 Å². The van der Waals surface area contributed by atoms with Crippen molar-refractivity contribution in [2.45, 2.75) is 13.3 Å². The number of nitrogen functional groups attached to an aromatic ring is 1. The van der Waals surface area contributed by atoms with Gasteiger partial charge in [0.2, 0.25) is 5.95 Å². The van der Waals surface area contributed by atoms with Gasteiger partial charge in [-0.15, -0.1) is 11.3 Å². The summed E-state index contributed by atoms with van der Waals surface area (Å²) in [6.45, 7) is 6.72. The largest absolute Gasteiger partial charge is 0.462 e. The molecule has 2 N–H and O–H groups in total. The predicted molar refractivity (Wildman–Crippen MR) is 117 cm³/mol. The molecule has 4 rings (SSSR count). The van der Waals surface area contributed by atoms with Crippen LogP contribution in [0.15, 0.2) is 35.7 Å². The summed E-state index contributed by atoms with van der Waals surface area (Å²) in [7, 11) is 0. The lowest BCUT2D eigenvalue weighted by atomic mass is 10.1. The number of benzene rings is 1. The molecule has 1 saturated heterocycles. The zero-order valence-corrected chi connectivity index (χ0v) is 17.3. The van der Waals surface area contributed by atoms with Crippen LogP contribution in [-0.2, 0) is 11.2 Å². The Hall–Kier alpha value is -2.71. The molecule has 152 valence electrons. The van der Waals surface area contributed by atoms with E-state index >= 15 is 0 Å². The van der Waals surface area contributed by atoms with E-state index in [4.69, 9.17) is 10.5 Å². The number of aromatic nitrogens is 2. The molecule has 2 aromatic heterocycles. The molecule has 7 nitrogen and oxygen atoms in total. The fraction of sp³-hybridized carbons (Fsp3) is 0.381. The van der Waals surface area contributed by atoms with Gasteiger partial charge in [0.15, 0.2) is 0 Å². The van der Waals surface area contributed by atoms with Crippen LogP contribution in [0, 0.1) is 0 Å². The van der Waals surface area contributed by atoms with Gasteiger partial charge in [-0.3, -0.25) is 4.90 Å². The molecule has 0 radical (unpaired) electrons. The lowest BCUT2D eigenvalue weighted by Gasteiger charge is -2.35. The van der Waals surface area contributed by atoms with Gasteiger partial charge in [0.25, 0.3) is 0 Å². The number of hydrogen-bond donors (Lipinski definition) is 1. The number of carbonyl (C=O) groups excluding carboxylic acids is 1. The van der Waals surface area contributed by atoms with E-state index in [1.165, 1.54) is 16.9 Å². The Morgan fingerprint density at radius 2 is 1.93 bits per heavy atom. The van der Waals surface area contributed by atoms with Crippen LogP contribution in [0.5, 0.6) is 0 Å². The van der Waals surface area contributed by atoms with Gasteiger partial charge in [-0.05, 0) is 18.9 Å². The molecule has 3 heterocycles. The smallest absolute Gasteiger partial charge is 0.339 e. The van der Waals surface area contributed by atoms with Crippen molar-refractivity contribution in [3.63, 3.8) is 0 Å². The SMILES string of the molecule is CCOC(=O)c1csc2nc(N)nc(N3CCN(CCc4ccccc4)CC3)c12. The summed E-state index contributed by atoms with van der Waals surface area (Å²) in [6, 6.07) is 10.6. The first-order valence-corrected chi connectivity index (χ1v) is 10.8. The highest BCUT2D eigenvalue weighted by Crippen LogP contribution is 2.33. The molecular weight excluding hydrogens is 386 g/mol.